The van der Waals surface area contributed by atoms with E-state index in [9.17, 15) is 9.59 Å². The van der Waals surface area contributed by atoms with Gasteiger partial charge in [0.25, 0.3) is 5.56 Å². The summed E-state index contributed by atoms with van der Waals surface area (Å²) in [7, 11) is 0. The van der Waals surface area contributed by atoms with E-state index in [-0.39, 0.29) is 34.9 Å². The zero-order valence-corrected chi connectivity index (χ0v) is 12.1. The number of hydrogen-bond acceptors (Lipinski definition) is 4. The lowest BCUT2D eigenvalue weighted by atomic mass is 10.2. The minimum Gasteiger partial charge on any atom is -0.312 e. The van der Waals surface area contributed by atoms with E-state index in [1.807, 2.05) is 18.4 Å². The summed E-state index contributed by atoms with van der Waals surface area (Å²) in [5.74, 6) is -0.219. The molecule has 0 bridgehead atoms. The largest absolute Gasteiger partial charge is 0.312 e. The second kappa shape index (κ2) is 5.44. The molecule has 1 atom stereocenters. The highest BCUT2D eigenvalue weighted by molar-refractivity contribution is 5.91. The van der Waals surface area contributed by atoms with Crippen LogP contribution in [0.2, 0.25) is 0 Å². The van der Waals surface area contributed by atoms with Gasteiger partial charge in [0, 0.05) is 12.0 Å². The Labute approximate surface area is 116 Å². The number of anilines is 1. The number of hydrogen-bond donors (Lipinski definition) is 2. The van der Waals surface area contributed by atoms with Gasteiger partial charge in [-0.15, -0.1) is 0 Å². The van der Waals surface area contributed by atoms with Crippen LogP contribution in [-0.2, 0) is 4.79 Å². The van der Waals surface area contributed by atoms with Gasteiger partial charge in [-0.2, -0.15) is 4.98 Å². The standard InChI is InChI=1S/C13H19N5O2/c1-5-8(4)18-6-14-9-10(18)15-13(17-12(9)20)16-11(19)7(2)3/h6-8H,5H2,1-4H3,(H2,15,16,17,19,20). The molecule has 0 saturated carbocycles. The summed E-state index contributed by atoms with van der Waals surface area (Å²) in [6, 6.07) is 0.183. The van der Waals surface area contributed by atoms with E-state index >= 15 is 0 Å². The highest BCUT2D eigenvalue weighted by Crippen LogP contribution is 2.16. The third kappa shape index (κ3) is 2.56. The number of amides is 1. The number of imidazole rings is 1. The topological polar surface area (TPSA) is 92.7 Å². The molecule has 0 fully saturated rings. The Bertz CT molecular complexity index is 686. The first-order valence-electron chi connectivity index (χ1n) is 6.71. The first kappa shape index (κ1) is 14.2. The summed E-state index contributed by atoms with van der Waals surface area (Å²) in [6.07, 6.45) is 2.50. The van der Waals surface area contributed by atoms with Crippen LogP contribution in [0.25, 0.3) is 11.2 Å². The van der Waals surface area contributed by atoms with E-state index in [0.717, 1.165) is 6.42 Å². The van der Waals surface area contributed by atoms with Crippen LogP contribution in [0.4, 0.5) is 5.95 Å². The zero-order chi connectivity index (χ0) is 14.9. The van der Waals surface area contributed by atoms with Crippen LogP contribution in [0.1, 0.15) is 40.2 Å². The molecule has 2 heterocycles. The maximum absolute atomic E-state index is 12.0. The Hall–Kier alpha value is -2.18. The molecule has 0 spiro atoms. The van der Waals surface area contributed by atoms with Gasteiger partial charge in [-0.3, -0.25) is 19.9 Å². The van der Waals surface area contributed by atoms with Crippen LogP contribution in [-0.4, -0.2) is 25.4 Å². The maximum Gasteiger partial charge on any atom is 0.280 e. The number of nitrogens with one attached hydrogen (secondary N) is 2. The molecule has 2 N–H and O–H groups in total. The van der Waals surface area contributed by atoms with Gasteiger partial charge in [0.2, 0.25) is 11.9 Å². The number of fused-ring (bicyclic) bond motifs is 1. The van der Waals surface area contributed by atoms with Gasteiger partial charge in [-0.25, -0.2) is 4.98 Å². The van der Waals surface area contributed by atoms with E-state index in [4.69, 9.17) is 0 Å². The van der Waals surface area contributed by atoms with Crippen molar-refractivity contribution in [1.82, 2.24) is 19.5 Å². The maximum atomic E-state index is 12.0. The lowest BCUT2D eigenvalue weighted by molar-refractivity contribution is -0.118. The first-order chi connectivity index (χ1) is 9.43. The summed E-state index contributed by atoms with van der Waals surface area (Å²) < 4.78 is 1.84. The fraction of sp³-hybridized carbons (Fsp3) is 0.538. The normalized spacial score (nSPS) is 12.8. The predicted octanol–water partition coefficient (Wildman–Crippen LogP) is 1.69. The van der Waals surface area contributed by atoms with Crippen LogP contribution >= 0.6 is 0 Å². The third-order valence-electron chi connectivity index (χ3n) is 3.26. The molecule has 2 aromatic heterocycles. The fourth-order valence-corrected chi connectivity index (χ4v) is 1.77. The van der Waals surface area contributed by atoms with Gasteiger partial charge in [0.05, 0.1) is 6.33 Å². The van der Waals surface area contributed by atoms with Crippen molar-refractivity contribution in [3.63, 3.8) is 0 Å². The predicted molar refractivity (Wildman–Crippen MR) is 76.6 cm³/mol. The third-order valence-corrected chi connectivity index (χ3v) is 3.26. The van der Waals surface area contributed by atoms with Crippen molar-refractivity contribution < 1.29 is 4.79 Å². The number of aromatic amines is 1. The molecule has 0 aliphatic rings. The second-order valence-electron chi connectivity index (χ2n) is 5.14. The lowest BCUT2D eigenvalue weighted by Gasteiger charge is -2.11. The van der Waals surface area contributed by atoms with E-state index < -0.39 is 0 Å². The molecule has 0 aliphatic carbocycles. The van der Waals surface area contributed by atoms with E-state index in [1.165, 1.54) is 0 Å². The molecule has 20 heavy (non-hydrogen) atoms. The smallest absolute Gasteiger partial charge is 0.280 e. The number of H-pyrrole nitrogens is 1. The van der Waals surface area contributed by atoms with Gasteiger partial charge in [-0.05, 0) is 13.3 Å². The first-order valence-corrected chi connectivity index (χ1v) is 6.71. The zero-order valence-electron chi connectivity index (χ0n) is 12.1. The Morgan fingerprint density at radius 1 is 1.45 bits per heavy atom. The fourth-order valence-electron chi connectivity index (χ4n) is 1.77. The number of nitrogens with zero attached hydrogens (tertiary/aromatic N) is 3. The van der Waals surface area contributed by atoms with Crippen LogP contribution in [0.15, 0.2) is 11.1 Å². The van der Waals surface area contributed by atoms with E-state index in [0.29, 0.717) is 5.65 Å². The molecule has 2 aromatic rings. The summed E-state index contributed by atoms with van der Waals surface area (Å²) in [6.45, 7) is 7.62. The van der Waals surface area contributed by atoms with Crippen molar-refractivity contribution in [2.75, 3.05) is 5.32 Å². The summed E-state index contributed by atoms with van der Waals surface area (Å²) in [4.78, 5) is 34.5. The molecular weight excluding hydrogens is 258 g/mol. The monoisotopic (exact) mass is 277 g/mol. The van der Waals surface area contributed by atoms with Crippen molar-refractivity contribution in [3.05, 3.63) is 16.7 Å². The van der Waals surface area contributed by atoms with Crippen molar-refractivity contribution in [2.45, 2.75) is 40.2 Å². The highest BCUT2D eigenvalue weighted by atomic mass is 16.2. The molecule has 1 amide bonds. The molecule has 0 radical (unpaired) electrons. The number of carbonyl (C=O) groups is 1. The molecule has 0 saturated heterocycles. The van der Waals surface area contributed by atoms with Gasteiger partial charge >= 0.3 is 0 Å². The molecule has 2 rings (SSSR count). The second-order valence-corrected chi connectivity index (χ2v) is 5.14. The van der Waals surface area contributed by atoms with Crippen molar-refractivity contribution in [1.29, 1.82) is 0 Å². The van der Waals surface area contributed by atoms with Gasteiger partial charge < -0.3 is 4.57 Å². The number of aromatic nitrogens is 4. The lowest BCUT2D eigenvalue weighted by Crippen LogP contribution is -2.22. The Morgan fingerprint density at radius 3 is 2.75 bits per heavy atom. The minimum absolute atomic E-state index is 0.159. The quantitative estimate of drug-likeness (QED) is 0.889. The van der Waals surface area contributed by atoms with Crippen LogP contribution in [0, 0.1) is 5.92 Å². The van der Waals surface area contributed by atoms with Crippen molar-refractivity contribution >= 4 is 23.0 Å². The van der Waals surface area contributed by atoms with E-state index in [2.05, 4.69) is 20.3 Å². The molecular formula is C13H19N5O2. The SMILES string of the molecule is CCC(C)n1cnc2c(=O)[nH]c(NC(=O)C(C)C)nc21. The minimum atomic E-state index is -0.351. The Kier molecular flexibility index (Phi) is 3.87. The van der Waals surface area contributed by atoms with Crippen molar-refractivity contribution in [2.24, 2.45) is 5.92 Å². The number of rotatable bonds is 4. The Balaban J connectivity index is 2.49. The molecule has 108 valence electrons. The summed E-state index contributed by atoms with van der Waals surface area (Å²) in [5, 5.41) is 2.60. The molecule has 7 heteroatoms. The number of carbonyl (C=O) groups excluding carboxylic acids is 1. The Morgan fingerprint density at radius 2 is 2.15 bits per heavy atom. The molecule has 1 unspecified atom stereocenters. The molecule has 0 aromatic carbocycles. The van der Waals surface area contributed by atoms with Crippen LogP contribution in [0.5, 0.6) is 0 Å². The molecule has 7 nitrogen and oxygen atoms in total. The average molecular weight is 277 g/mol. The molecule has 0 aliphatic heterocycles. The van der Waals surface area contributed by atoms with Crippen LogP contribution in [0.3, 0.4) is 0 Å². The van der Waals surface area contributed by atoms with E-state index in [1.54, 1.807) is 20.2 Å². The van der Waals surface area contributed by atoms with Gasteiger partial charge in [0.1, 0.15) is 0 Å². The van der Waals surface area contributed by atoms with Crippen molar-refractivity contribution in [3.8, 4) is 0 Å². The summed E-state index contributed by atoms with van der Waals surface area (Å²) >= 11 is 0. The highest BCUT2D eigenvalue weighted by Gasteiger charge is 2.15. The van der Waals surface area contributed by atoms with Crippen LogP contribution < -0.4 is 10.9 Å². The summed E-state index contributed by atoms with van der Waals surface area (Å²) in [5.41, 5.74) is 0.422. The van der Waals surface area contributed by atoms with Gasteiger partial charge in [0.15, 0.2) is 11.2 Å². The average Bonchev–Trinajstić information content (AvgIpc) is 2.82. The van der Waals surface area contributed by atoms with Gasteiger partial charge in [-0.1, -0.05) is 20.8 Å².